The van der Waals surface area contributed by atoms with Crippen LogP contribution in [0, 0.1) is 0 Å². The standard InChI is InChI=1S/C16H18ClN3O4/c1-24-7-6-14(16(22)23)19-15(21)12-8-18-20(10-12)9-11-4-2-3-5-13(11)17/h2-5,8,10,14H,6-7,9H2,1H3,(H,19,21)(H,22,23). The van der Waals surface area contributed by atoms with Gasteiger partial charge in [0, 0.05) is 31.4 Å². The Balaban J connectivity index is 2.02. The van der Waals surface area contributed by atoms with Crippen LogP contribution >= 0.6 is 11.6 Å². The van der Waals surface area contributed by atoms with Crippen LogP contribution in [0.15, 0.2) is 36.7 Å². The molecule has 0 saturated heterocycles. The minimum atomic E-state index is -1.11. The molecule has 8 heteroatoms. The number of halogens is 1. The largest absolute Gasteiger partial charge is 0.480 e. The summed E-state index contributed by atoms with van der Waals surface area (Å²) in [7, 11) is 1.47. The molecule has 0 bridgehead atoms. The highest BCUT2D eigenvalue weighted by molar-refractivity contribution is 6.31. The first-order chi connectivity index (χ1) is 11.5. The molecule has 128 valence electrons. The third kappa shape index (κ3) is 4.81. The number of carbonyl (C=O) groups excluding carboxylic acids is 1. The number of rotatable bonds is 8. The van der Waals surface area contributed by atoms with Crippen molar-refractivity contribution in [2.24, 2.45) is 0 Å². The highest BCUT2D eigenvalue weighted by Crippen LogP contribution is 2.16. The van der Waals surface area contributed by atoms with Gasteiger partial charge >= 0.3 is 5.97 Å². The number of amides is 1. The zero-order chi connectivity index (χ0) is 17.5. The van der Waals surface area contributed by atoms with Crippen molar-refractivity contribution in [3.63, 3.8) is 0 Å². The Kier molecular flexibility index (Phi) is 6.34. The van der Waals surface area contributed by atoms with Gasteiger partial charge in [-0.25, -0.2) is 4.79 Å². The van der Waals surface area contributed by atoms with Crippen LogP contribution in [0.25, 0.3) is 0 Å². The molecule has 2 aromatic rings. The molecule has 0 aliphatic heterocycles. The molecule has 0 aliphatic carbocycles. The Morgan fingerprint density at radius 2 is 2.17 bits per heavy atom. The Hall–Kier alpha value is -2.38. The normalized spacial score (nSPS) is 11.9. The molecule has 2 N–H and O–H groups in total. The number of nitrogens with one attached hydrogen (secondary N) is 1. The van der Waals surface area contributed by atoms with Crippen molar-refractivity contribution < 1.29 is 19.4 Å². The molecule has 1 aromatic heterocycles. The van der Waals surface area contributed by atoms with Crippen molar-refractivity contribution in [1.82, 2.24) is 15.1 Å². The van der Waals surface area contributed by atoms with Gasteiger partial charge in [-0.15, -0.1) is 0 Å². The van der Waals surface area contributed by atoms with Gasteiger partial charge in [-0.1, -0.05) is 29.8 Å². The first-order valence-corrected chi connectivity index (χ1v) is 7.67. The van der Waals surface area contributed by atoms with E-state index in [-0.39, 0.29) is 18.6 Å². The maximum absolute atomic E-state index is 12.2. The van der Waals surface area contributed by atoms with Crippen molar-refractivity contribution in [2.45, 2.75) is 19.0 Å². The van der Waals surface area contributed by atoms with Gasteiger partial charge in [0.15, 0.2) is 0 Å². The molecule has 0 spiro atoms. The zero-order valence-corrected chi connectivity index (χ0v) is 13.9. The SMILES string of the molecule is COCCC(NC(=O)c1cnn(Cc2ccccc2Cl)c1)C(=O)O. The fraction of sp³-hybridized carbons (Fsp3) is 0.312. The second kappa shape index (κ2) is 8.47. The monoisotopic (exact) mass is 351 g/mol. The Morgan fingerprint density at radius 1 is 1.42 bits per heavy atom. The molecule has 7 nitrogen and oxygen atoms in total. The van der Waals surface area contributed by atoms with Crippen molar-refractivity contribution >= 4 is 23.5 Å². The zero-order valence-electron chi connectivity index (χ0n) is 13.1. The van der Waals surface area contributed by atoms with Gasteiger partial charge in [-0.2, -0.15) is 5.10 Å². The second-order valence-corrected chi connectivity index (χ2v) is 5.57. The Morgan fingerprint density at radius 3 is 2.83 bits per heavy atom. The van der Waals surface area contributed by atoms with Crippen LogP contribution in [-0.2, 0) is 16.1 Å². The number of hydrogen-bond acceptors (Lipinski definition) is 4. The number of methoxy groups -OCH3 is 1. The lowest BCUT2D eigenvalue weighted by Gasteiger charge is -2.13. The summed E-state index contributed by atoms with van der Waals surface area (Å²) in [6.45, 7) is 0.655. The number of carboxylic acid groups (broad SMARTS) is 1. The first kappa shape index (κ1) is 18.0. The van der Waals surface area contributed by atoms with Crippen LogP contribution in [-0.4, -0.2) is 46.5 Å². The Bertz CT molecular complexity index is 717. The molecule has 1 amide bonds. The molecule has 2 rings (SSSR count). The number of carbonyl (C=O) groups is 2. The third-order valence-corrected chi connectivity index (χ3v) is 3.77. The Labute approximate surface area is 144 Å². The van der Waals surface area contributed by atoms with E-state index in [4.69, 9.17) is 21.4 Å². The maximum Gasteiger partial charge on any atom is 0.326 e. The van der Waals surface area contributed by atoms with E-state index in [1.54, 1.807) is 16.9 Å². The van der Waals surface area contributed by atoms with Crippen molar-refractivity contribution in [1.29, 1.82) is 0 Å². The fourth-order valence-corrected chi connectivity index (χ4v) is 2.30. The van der Waals surface area contributed by atoms with Crippen LogP contribution in [0.1, 0.15) is 22.3 Å². The predicted octanol–water partition coefficient (Wildman–Crippen LogP) is 1.80. The van der Waals surface area contributed by atoms with Gasteiger partial charge in [0.2, 0.25) is 0 Å². The van der Waals surface area contributed by atoms with E-state index >= 15 is 0 Å². The molecule has 1 aromatic carbocycles. The summed E-state index contributed by atoms with van der Waals surface area (Å²) in [5.74, 6) is -1.60. The number of benzene rings is 1. The number of aromatic nitrogens is 2. The smallest absolute Gasteiger partial charge is 0.326 e. The molecule has 0 saturated carbocycles. The number of carboxylic acids is 1. The number of aliphatic carboxylic acids is 1. The fourth-order valence-electron chi connectivity index (χ4n) is 2.10. The van der Waals surface area contributed by atoms with Crippen LogP contribution in [0.4, 0.5) is 0 Å². The molecule has 0 aliphatic rings. The van der Waals surface area contributed by atoms with Crippen molar-refractivity contribution in [3.8, 4) is 0 Å². The van der Waals surface area contributed by atoms with E-state index < -0.39 is 17.9 Å². The van der Waals surface area contributed by atoms with Gasteiger partial charge in [0.05, 0.1) is 18.3 Å². The first-order valence-electron chi connectivity index (χ1n) is 7.29. The molecule has 1 heterocycles. The van der Waals surface area contributed by atoms with E-state index in [2.05, 4.69) is 10.4 Å². The lowest BCUT2D eigenvalue weighted by atomic mass is 10.2. The maximum atomic E-state index is 12.2. The van der Waals surface area contributed by atoms with E-state index in [1.807, 2.05) is 18.2 Å². The number of nitrogens with zero attached hydrogens (tertiary/aromatic N) is 2. The quantitative estimate of drug-likeness (QED) is 0.756. The average Bonchev–Trinajstić information content (AvgIpc) is 3.02. The molecule has 0 fully saturated rings. The van der Waals surface area contributed by atoms with Crippen LogP contribution in [0.5, 0.6) is 0 Å². The summed E-state index contributed by atoms with van der Waals surface area (Å²) < 4.78 is 6.42. The van der Waals surface area contributed by atoms with Crippen molar-refractivity contribution in [3.05, 3.63) is 52.8 Å². The topological polar surface area (TPSA) is 93.5 Å². The van der Waals surface area contributed by atoms with Crippen LogP contribution in [0.2, 0.25) is 5.02 Å². The summed E-state index contributed by atoms with van der Waals surface area (Å²) in [6, 6.07) is 6.34. The summed E-state index contributed by atoms with van der Waals surface area (Å²) in [5, 5.41) is 16.3. The van der Waals surface area contributed by atoms with E-state index in [9.17, 15) is 9.59 Å². The number of hydrogen-bond donors (Lipinski definition) is 2. The minimum absolute atomic E-state index is 0.186. The minimum Gasteiger partial charge on any atom is -0.480 e. The van der Waals surface area contributed by atoms with Gasteiger partial charge in [-0.05, 0) is 11.6 Å². The summed E-state index contributed by atoms with van der Waals surface area (Å²) in [5.41, 5.74) is 1.16. The lowest BCUT2D eigenvalue weighted by molar-refractivity contribution is -0.139. The molecule has 0 radical (unpaired) electrons. The summed E-state index contributed by atoms with van der Waals surface area (Å²) in [4.78, 5) is 23.3. The highest BCUT2D eigenvalue weighted by Gasteiger charge is 2.21. The van der Waals surface area contributed by atoms with Crippen LogP contribution < -0.4 is 5.32 Å². The average molecular weight is 352 g/mol. The molecule has 1 unspecified atom stereocenters. The summed E-state index contributed by atoms with van der Waals surface area (Å²) in [6.07, 6.45) is 3.13. The van der Waals surface area contributed by atoms with Gasteiger partial charge in [0.25, 0.3) is 5.91 Å². The van der Waals surface area contributed by atoms with Crippen molar-refractivity contribution in [2.75, 3.05) is 13.7 Å². The van der Waals surface area contributed by atoms with E-state index in [1.165, 1.54) is 13.3 Å². The molecule has 1 atom stereocenters. The number of ether oxygens (including phenoxy) is 1. The molecule has 24 heavy (non-hydrogen) atoms. The highest BCUT2D eigenvalue weighted by atomic mass is 35.5. The van der Waals surface area contributed by atoms with E-state index in [0.717, 1.165) is 5.56 Å². The van der Waals surface area contributed by atoms with Gasteiger partial charge in [-0.3, -0.25) is 9.48 Å². The molecular formula is C16H18ClN3O4. The molecular weight excluding hydrogens is 334 g/mol. The van der Waals surface area contributed by atoms with Crippen LogP contribution in [0.3, 0.4) is 0 Å². The third-order valence-electron chi connectivity index (χ3n) is 3.40. The second-order valence-electron chi connectivity index (χ2n) is 5.16. The lowest BCUT2D eigenvalue weighted by Crippen LogP contribution is -2.41. The van der Waals surface area contributed by atoms with Gasteiger partial charge < -0.3 is 15.2 Å². The van der Waals surface area contributed by atoms with Gasteiger partial charge in [0.1, 0.15) is 6.04 Å². The summed E-state index contributed by atoms with van der Waals surface area (Å²) >= 11 is 6.10. The predicted molar refractivity (Wildman–Crippen MR) is 88.2 cm³/mol. The van der Waals surface area contributed by atoms with E-state index in [0.29, 0.717) is 11.6 Å².